The van der Waals surface area contributed by atoms with Crippen molar-refractivity contribution in [2.75, 3.05) is 19.9 Å². The van der Waals surface area contributed by atoms with Gasteiger partial charge in [0.1, 0.15) is 11.5 Å². The fourth-order valence-electron chi connectivity index (χ4n) is 3.08. The fourth-order valence-corrected chi connectivity index (χ4v) is 3.94. The molecule has 8 nitrogen and oxygen atoms in total. The van der Waals surface area contributed by atoms with Gasteiger partial charge >= 0.3 is 0 Å². The van der Waals surface area contributed by atoms with Gasteiger partial charge in [-0.3, -0.25) is 19.3 Å². The number of furan rings is 1. The molecule has 0 atom stereocenters. The summed E-state index contributed by atoms with van der Waals surface area (Å²) in [5.41, 5.74) is 1.18. The number of nitrogens with one attached hydrogen (secondary N) is 1. The van der Waals surface area contributed by atoms with Gasteiger partial charge in [-0.25, -0.2) is 0 Å². The number of thioether (sulfide) groups is 1. The average molecular weight is 414 g/mol. The van der Waals surface area contributed by atoms with E-state index in [4.69, 9.17) is 13.9 Å². The third kappa shape index (κ3) is 3.86. The molecule has 1 N–H and O–H groups in total. The number of carbonyl (C=O) groups excluding carboxylic acids is 3. The number of hydrogen-bond donors (Lipinski definition) is 1. The van der Waals surface area contributed by atoms with E-state index < -0.39 is 0 Å². The van der Waals surface area contributed by atoms with Crippen molar-refractivity contribution in [2.24, 2.45) is 0 Å². The number of rotatable bonds is 5. The maximum Gasteiger partial charge on any atom is 0.293 e. The summed E-state index contributed by atoms with van der Waals surface area (Å²) in [5.74, 6) is 1.73. The van der Waals surface area contributed by atoms with Crippen LogP contribution in [0.4, 0.5) is 4.79 Å². The molecule has 2 aliphatic heterocycles. The Morgan fingerprint density at radius 2 is 2.00 bits per heavy atom. The molecule has 9 heteroatoms. The lowest BCUT2D eigenvalue weighted by molar-refractivity contribution is -0.122. The molecule has 29 heavy (non-hydrogen) atoms. The van der Waals surface area contributed by atoms with Crippen molar-refractivity contribution in [3.63, 3.8) is 0 Å². The van der Waals surface area contributed by atoms with Gasteiger partial charge in [0.15, 0.2) is 11.5 Å². The molecule has 3 heterocycles. The minimum absolute atomic E-state index is 0.0881. The van der Waals surface area contributed by atoms with Gasteiger partial charge in [-0.2, -0.15) is 0 Å². The molecular formula is C20H18N2O6S. The number of aryl methyl sites for hydroxylation is 2. The number of amides is 3. The molecule has 1 aromatic carbocycles. The van der Waals surface area contributed by atoms with Gasteiger partial charge in [0.05, 0.1) is 10.5 Å². The normalized spacial score (nSPS) is 16.8. The molecular weight excluding hydrogens is 396 g/mol. The molecule has 0 bridgehead atoms. The average Bonchev–Trinajstić information content (AvgIpc) is 3.35. The summed E-state index contributed by atoms with van der Waals surface area (Å²) in [7, 11) is 0. The Kier molecular flexibility index (Phi) is 5.06. The predicted octanol–water partition coefficient (Wildman–Crippen LogP) is 3.09. The zero-order valence-corrected chi connectivity index (χ0v) is 16.6. The molecule has 4 rings (SSSR count). The second kappa shape index (κ2) is 7.67. The van der Waals surface area contributed by atoms with E-state index in [1.54, 1.807) is 44.2 Å². The number of carbonyl (C=O) groups is 3. The highest BCUT2D eigenvalue weighted by atomic mass is 32.2. The van der Waals surface area contributed by atoms with Crippen molar-refractivity contribution < 1.29 is 28.3 Å². The first-order valence-electron chi connectivity index (χ1n) is 8.92. The Bertz CT molecular complexity index is 1040. The molecule has 0 aliphatic carbocycles. The maximum absolute atomic E-state index is 12.6. The van der Waals surface area contributed by atoms with Gasteiger partial charge < -0.3 is 19.2 Å². The van der Waals surface area contributed by atoms with Crippen LogP contribution in [0.1, 0.15) is 27.4 Å². The van der Waals surface area contributed by atoms with E-state index in [1.807, 2.05) is 0 Å². The molecule has 0 spiro atoms. The second-order valence-corrected chi connectivity index (χ2v) is 7.52. The van der Waals surface area contributed by atoms with Crippen LogP contribution >= 0.6 is 11.8 Å². The quantitative estimate of drug-likeness (QED) is 0.751. The minimum Gasteiger partial charge on any atom is -0.466 e. The Labute approximate surface area is 170 Å². The van der Waals surface area contributed by atoms with Gasteiger partial charge in [0.2, 0.25) is 6.79 Å². The second-order valence-electron chi connectivity index (χ2n) is 6.53. The molecule has 0 saturated carbocycles. The zero-order chi connectivity index (χ0) is 20.5. The highest BCUT2D eigenvalue weighted by molar-refractivity contribution is 8.18. The minimum atomic E-state index is -0.387. The summed E-state index contributed by atoms with van der Waals surface area (Å²) in [6, 6.07) is 6.95. The van der Waals surface area contributed by atoms with Crippen LogP contribution in [0.3, 0.4) is 0 Å². The molecule has 1 fully saturated rings. The Morgan fingerprint density at radius 1 is 1.21 bits per heavy atom. The predicted molar refractivity (Wildman–Crippen MR) is 106 cm³/mol. The molecule has 3 amide bonds. The van der Waals surface area contributed by atoms with E-state index in [2.05, 4.69) is 5.32 Å². The Hall–Kier alpha value is -3.20. The maximum atomic E-state index is 12.6. The van der Waals surface area contributed by atoms with Crippen LogP contribution in [-0.4, -0.2) is 41.8 Å². The Balaban J connectivity index is 1.38. The van der Waals surface area contributed by atoms with Crippen molar-refractivity contribution in [2.45, 2.75) is 13.8 Å². The van der Waals surface area contributed by atoms with Crippen LogP contribution < -0.4 is 14.8 Å². The molecule has 0 unspecified atom stereocenters. The van der Waals surface area contributed by atoms with Crippen molar-refractivity contribution in [1.29, 1.82) is 0 Å². The molecule has 2 aromatic rings. The van der Waals surface area contributed by atoms with Crippen molar-refractivity contribution in [3.8, 4) is 11.5 Å². The van der Waals surface area contributed by atoms with E-state index in [-0.39, 0.29) is 36.9 Å². The lowest BCUT2D eigenvalue weighted by Gasteiger charge is -2.12. The Morgan fingerprint density at radius 3 is 2.76 bits per heavy atom. The van der Waals surface area contributed by atoms with Gasteiger partial charge in [-0.1, -0.05) is 6.07 Å². The summed E-state index contributed by atoms with van der Waals surface area (Å²) in [6.45, 7) is 3.87. The third-order valence-electron chi connectivity index (χ3n) is 4.47. The SMILES string of the molecule is Cc1cc(C(=O)NCCN2C(=O)S/C(=C\c3ccc4c(c3)OCO4)C2=O)c(C)o1. The summed E-state index contributed by atoms with van der Waals surface area (Å²) >= 11 is 0.870. The topological polar surface area (TPSA) is 98.1 Å². The fraction of sp³-hybridized carbons (Fsp3) is 0.250. The third-order valence-corrected chi connectivity index (χ3v) is 5.38. The summed E-state index contributed by atoms with van der Waals surface area (Å²) < 4.78 is 15.9. The number of nitrogens with zero attached hydrogens (tertiary/aromatic N) is 1. The number of ether oxygens (including phenoxy) is 2. The molecule has 1 saturated heterocycles. The highest BCUT2D eigenvalue weighted by Crippen LogP contribution is 2.36. The lowest BCUT2D eigenvalue weighted by Crippen LogP contribution is -2.37. The summed E-state index contributed by atoms with van der Waals surface area (Å²) in [6.07, 6.45) is 1.64. The van der Waals surface area contributed by atoms with Gasteiger partial charge in [-0.05, 0) is 55.4 Å². The van der Waals surface area contributed by atoms with Crippen molar-refractivity contribution >= 4 is 34.9 Å². The van der Waals surface area contributed by atoms with Crippen LogP contribution in [0.15, 0.2) is 33.6 Å². The molecule has 150 valence electrons. The van der Waals surface area contributed by atoms with E-state index in [0.717, 1.165) is 22.2 Å². The standard InChI is InChI=1S/C20H18N2O6S/c1-11-7-14(12(2)28-11)18(23)21-5-6-22-19(24)17(29-20(22)25)9-13-3-4-15-16(8-13)27-10-26-15/h3-4,7-9H,5-6,10H2,1-2H3,(H,21,23)/b17-9-. The van der Waals surface area contributed by atoms with Crippen LogP contribution in [0, 0.1) is 13.8 Å². The van der Waals surface area contributed by atoms with E-state index >= 15 is 0 Å². The van der Waals surface area contributed by atoms with Crippen LogP contribution in [0.25, 0.3) is 6.08 Å². The smallest absolute Gasteiger partial charge is 0.293 e. The van der Waals surface area contributed by atoms with Crippen molar-refractivity contribution in [3.05, 3.63) is 51.8 Å². The number of fused-ring (bicyclic) bond motifs is 1. The monoisotopic (exact) mass is 414 g/mol. The first kappa shape index (κ1) is 19.1. The first-order chi connectivity index (χ1) is 13.9. The highest BCUT2D eigenvalue weighted by Gasteiger charge is 2.34. The van der Waals surface area contributed by atoms with Gasteiger partial charge in [0.25, 0.3) is 17.1 Å². The first-order valence-corrected chi connectivity index (χ1v) is 9.74. The molecule has 2 aliphatic rings. The number of hydrogen-bond acceptors (Lipinski definition) is 7. The van der Waals surface area contributed by atoms with Crippen LogP contribution in [0.2, 0.25) is 0 Å². The summed E-state index contributed by atoms with van der Waals surface area (Å²) in [4.78, 5) is 38.5. The molecule has 0 radical (unpaired) electrons. The zero-order valence-electron chi connectivity index (χ0n) is 15.8. The summed E-state index contributed by atoms with van der Waals surface area (Å²) in [5, 5.41) is 2.34. The van der Waals surface area contributed by atoms with Crippen molar-refractivity contribution in [1.82, 2.24) is 10.2 Å². The van der Waals surface area contributed by atoms with Gasteiger partial charge in [0, 0.05) is 13.1 Å². The van der Waals surface area contributed by atoms with Gasteiger partial charge in [-0.15, -0.1) is 0 Å². The lowest BCUT2D eigenvalue weighted by atomic mass is 10.2. The largest absolute Gasteiger partial charge is 0.466 e. The van der Waals surface area contributed by atoms with E-state index in [1.165, 1.54) is 0 Å². The molecule has 1 aromatic heterocycles. The van der Waals surface area contributed by atoms with E-state index in [0.29, 0.717) is 33.5 Å². The van der Waals surface area contributed by atoms with E-state index in [9.17, 15) is 14.4 Å². The van der Waals surface area contributed by atoms with Crippen LogP contribution in [-0.2, 0) is 4.79 Å². The van der Waals surface area contributed by atoms with Crippen LogP contribution in [0.5, 0.6) is 11.5 Å². The number of benzene rings is 1. The number of imide groups is 1.